The Labute approximate surface area is 186 Å². The molecule has 0 saturated carbocycles. The molecule has 0 N–H and O–H groups in total. The van der Waals surface area contributed by atoms with Crippen LogP contribution < -0.4 is 9.64 Å². The van der Waals surface area contributed by atoms with E-state index in [-0.39, 0.29) is 9.92 Å². The molecule has 0 amide bonds. The van der Waals surface area contributed by atoms with E-state index < -0.39 is 9.84 Å². The van der Waals surface area contributed by atoms with E-state index >= 15 is 0 Å². The van der Waals surface area contributed by atoms with Crippen molar-refractivity contribution < 1.29 is 13.2 Å². The zero-order valence-corrected chi connectivity index (χ0v) is 18.7. The molecular weight excluding hydrogens is 424 g/mol. The summed E-state index contributed by atoms with van der Waals surface area (Å²) in [5, 5.41) is 6.93. The number of sulfone groups is 1. The van der Waals surface area contributed by atoms with Crippen LogP contribution in [0.4, 0.5) is 5.69 Å². The molecule has 0 radical (unpaired) electrons. The zero-order valence-electron chi connectivity index (χ0n) is 17.9. The lowest BCUT2D eigenvalue weighted by Gasteiger charge is -2.34. The van der Waals surface area contributed by atoms with Crippen LogP contribution in [-0.2, 0) is 16.4 Å². The van der Waals surface area contributed by atoms with Crippen molar-refractivity contribution in [1.29, 1.82) is 0 Å². The molecule has 0 bridgehead atoms. The monoisotopic (exact) mass is 448 g/mol. The van der Waals surface area contributed by atoms with Crippen LogP contribution in [0.2, 0.25) is 0 Å². The summed E-state index contributed by atoms with van der Waals surface area (Å²) in [4.78, 5) is 4.87. The number of rotatable bonds is 3. The van der Waals surface area contributed by atoms with Crippen molar-refractivity contribution in [1.82, 2.24) is 14.7 Å². The summed E-state index contributed by atoms with van der Waals surface area (Å²) >= 11 is 0. The Morgan fingerprint density at radius 3 is 2.53 bits per heavy atom. The van der Waals surface area contributed by atoms with Gasteiger partial charge in [-0.15, -0.1) is 0 Å². The highest BCUT2D eigenvalue weighted by Crippen LogP contribution is 2.39. The molecule has 6 rings (SSSR count). The van der Waals surface area contributed by atoms with Gasteiger partial charge >= 0.3 is 0 Å². The topological polar surface area (TPSA) is 67.7 Å². The molecule has 8 heteroatoms. The summed E-state index contributed by atoms with van der Waals surface area (Å²) in [6.45, 7) is 4.72. The smallest absolute Gasteiger partial charge is 0.226 e. The number of hydrogen-bond donors (Lipinski definition) is 0. The average Bonchev–Trinajstić information content (AvgIpc) is 3.20. The van der Waals surface area contributed by atoms with Gasteiger partial charge in [0.1, 0.15) is 17.9 Å². The first-order valence-corrected chi connectivity index (χ1v) is 12.3. The second-order valence-electron chi connectivity index (χ2n) is 8.49. The van der Waals surface area contributed by atoms with Gasteiger partial charge in [0.05, 0.1) is 11.4 Å². The van der Waals surface area contributed by atoms with E-state index in [1.807, 2.05) is 42.5 Å². The van der Waals surface area contributed by atoms with Gasteiger partial charge in [0, 0.05) is 48.7 Å². The summed E-state index contributed by atoms with van der Waals surface area (Å²) in [7, 11) is -1.72. The highest BCUT2D eigenvalue weighted by atomic mass is 32.2. The number of piperazine rings is 1. The van der Waals surface area contributed by atoms with E-state index in [2.05, 4.69) is 21.9 Å². The van der Waals surface area contributed by atoms with Crippen LogP contribution in [0.25, 0.3) is 21.7 Å². The van der Waals surface area contributed by atoms with Crippen molar-refractivity contribution in [2.45, 2.75) is 16.5 Å². The number of hydrogen-bond acceptors (Lipinski definition) is 6. The maximum Gasteiger partial charge on any atom is 0.226 e. The molecule has 3 aromatic carbocycles. The first-order valence-electron chi connectivity index (χ1n) is 10.9. The van der Waals surface area contributed by atoms with Gasteiger partial charge in [-0.1, -0.05) is 36.4 Å². The highest BCUT2D eigenvalue weighted by molar-refractivity contribution is 7.91. The third kappa shape index (κ3) is 2.97. The van der Waals surface area contributed by atoms with Gasteiger partial charge in [-0.3, -0.25) is 4.68 Å². The number of fused-ring (bicyclic) bond motifs is 1. The molecule has 164 valence electrons. The number of benzene rings is 3. The van der Waals surface area contributed by atoms with E-state index in [0.717, 1.165) is 42.8 Å². The normalized spacial score (nSPS) is 17.1. The van der Waals surface area contributed by atoms with Gasteiger partial charge in [0.25, 0.3) is 0 Å². The maximum absolute atomic E-state index is 13.9. The Kier molecular flexibility index (Phi) is 4.41. The summed E-state index contributed by atoms with van der Waals surface area (Å²) in [5.74, 6) is 0.703. The second-order valence-corrected chi connectivity index (χ2v) is 10.3. The van der Waals surface area contributed by atoms with Crippen LogP contribution in [0.15, 0.2) is 64.5 Å². The van der Waals surface area contributed by atoms with Crippen molar-refractivity contribution in [2.75, 3.05) is 44.7 Å². The number of nitrogens with zero attached hydrogens (tertiary/aromatic N) is 4. The third-order valence-electron chi connectivity index (χ3n) is 6.48. The lowest BCUT2D eigenvalue weighted by molar-refractivity contribution is 0.277. The molecule has 2 aliphatic rings. The van der Waals surface area contributed by atoms with Crippen LogP contribution in [0.3, 0.4) is 0 Å². The molecule has 1 saturated heterocycles. The standard InChI is InChI=1S/C24H24N4O3S/c1-26-9-11-27(12-10-26)18-15-20-23-21(16-18)31-14-13-28(23)25-24(20)32(29,30)22-8-4-6-17-5-2-3-7-19(17)22/h2-8,15-16H,9-14H2,1H3. The predicted molar refractivity (Wildman–Crippen MR) is 124 cm³/mol. The predicted octanol–water partition coefficient (Wildman–Crippen LogP) is 3.17. The molecule has 0 unspecified atom stereocenters. The van der Waals surface area contributed by atoms with Crippen molar-refractivity contribution in [2.24, 2.45) is 0 Å². The minimum absolute atomic E-state index is 0.103. The second kappa shape index (κ2) is 7.21. The molecule has 32 heavy (non-hydrogen) atoms. The molecular formula is C24H24N4O3S. The lowest BCUT2D eigenvalue weighted by atomic mass is 10.1. The Hall–Kier alpha value is -3.10. The quantitative estimate of drug-likeness (QED) is 0.480. The van der Waals surface area contributed by atoms with E-state index in [1.54, 1.807) is 16.8 Å². The van der Waals surface area contributed by atoms with Crippen LogP contribution in [0.5, 0.6) is 5.75 Å². The Morgan fingerprint density at radius 1 is 0.906 bits per heavy atom. The Bertz CT molecular complexity index is 1450. The van der Waals surface area contributed by atoms with E-state index in [4.69, 9.17) is 4.74 Å². The number of likely N-dealkylation sites (N-methyl/N-ethyl adjacent to an activating group) is 1. The van der Waals surface area contributed by atoms with Gasteiger partial charge < -0.3 is 14.5 Å². The molecule has 4 aromatic rings. The maximum atomic E-state index is 13.9. The molecule has 3 heterocycles. The van der Waals surface area contributed by atoms with E-state index in [0.29, 0.717) is 29.7 Å². The first-order chi connectivity index (χ1) is 15.5. The van der Waals surface area contributed by atoms with Crippen LogP contribution in [0.1, 0.15) is 0 Å². The molecule has 0 atom stereocenters. The van der Waals surface area contributed by atoms with Crippen molar-refractivity contribution in [3.63, 3.8) is 0 Å². The zero-order chi connectivity index (χ0) is 21.9. The van der Waals surface area contributed by atoms with Gasteiger partial charge in [-0.2, -0.15) is 5.10 Å². The fourth-order valence-corrected chi connectivity index (χ4v) is 6.32. The number of anilines is 1. The molecule has 1 fully saturated rings. The fourth-order valence-electron chi connectivity index (χ4n) is 4.73. The van der Waals surface area contributed by atoms with Gasteiger partial charge in [0.2, 0.25) is 9.84 Å². The average molecular weight is 449 g/mol. The van der Waals surface area contributed by atoms with Gasteiger partial charge in [-0.25, -0.2) is 8.42 Å². The molecule has 7 nitrogen and oxygen atoms in total. The third-order valence-corrected chi connectivity index (χ3v) is 8.23. The minimum atomic E-state index is -3.84. The van der Waals surface area contributed by atoms with Crippen molar-refractivity contribution in [3.05, 3.63) is 54.6 Å². The number of aromatic nitrogens is 2. The highest BCUT2D eigenvalue weighted by Gasteiger charge is 2.31. The van der Waals surface area contributed by atoms with Crippen molar-refractivity contribution >= 4 is 37.2 Å². The minimum Gasteiger partial charge on any atom is -0.489 e. The largest absolute Gasteiger partial charge is 0.489 e. The Morgan fingerprint density at radius 2 is 1.69 bits per heavy atom. The van der Waals surface area contributed by atoms with Crippen molar-refractivity contribution in [3.8, 4) is 5.75 Å². The lowest BCUT2D eigenvalue weighted by Crippen LogP contribution is -2.44. The molecule has 0 aliphatic carbocycles. The summed E-state index contributed by atoms with van der Waals surface area (Å²) in [5.41, 5.74) is 1.74. The van der Waals surface area contributed by atoms with Gasteiger partial charge in [0.15, 0.2) is 5.03 Å². The Balaban J connectivity index is 1.56. The first kappa shape index (κ1) is 19.6. The SMILES string of the molecule is CN1CCN(c2cc3c4c(c2)c(S(=O)(=O)c2cccc5ccccc25)nn4CCO3)CC1. The molecule has 0 spiro atoms. The summed E-state index contributed by atoms with van der Waals surface area (Å²) < 4.78 is 35.6. The number of ether oxygens (including phenoxy) is 1. The van der Waals surface area contributed by atoms with Crippen LogP contribution in [-0.4, -0.2) is 62.9 Å². The van der Waals surface area contributed by atoms with Gasteiger partial charge in [-0.05, 0) is 24.6 Å². The van der Waals surface area contributed by atoms with E-state index in [1.165, 1.54) is 0 Å². The fraction of sp³-hybridized carbons (Fsp3) is 0.292. The molecule has 1 aromatic heterocycles. The van der Waals surface area contributed by atoms with Crippen LogP contribution >= 0.6 is 0 Å². The van der Waals surface area contributed by atoms with E-state index in [9.17, 15) is 8.42 Å². The van der Waals surface area contributed by atoms with Crippen LogP contribution in [0, 0.1) is 0 Å². The summed E-state index contributed by atoms with van der Waals surface area (Å²) in [6.07, 6.45) is 0. The summed E-state index contributed by atoms with van der Waals surface area (Å²) in [6, 6.07) is 16.9. The molecule has 2 aliphatic heterocycles.